The molecule has 6 rings (SSSR count). The Hall–Kier alpha value is -4.23. The molecule has 0 N–H and O–H groups in total. The molecule has 1 heterocycles. The second-order valence-electron chi connectivity index (χ2n) is 11.2. The first-order valence-corrected chi connectivity index (χ1v) is 18.5. The lowest BCUT2D eigenvalue weighted by atomic mass is 9.43. The van der Waals surface area contributed by atoms with Crippen LogP contribution >= 0.6 is 24.4 Å². The number of benzene rings is 5. The second-order valence-corrected chi connectivity index (χ2v) is 15.7. The van der Waals surface area contributed by atoms with Gasteiger partial charge >= 0.3 is 0 Å². The Kier molecular flexibility index (Phi) is 11.6. The fourth-order valence-electron chi connectivity index (χ4n) is 5.95. The van der Waals surface area contributed by atoms with E-state index in [0.29, 0.717) is 6.71 Å². The van der Waals surface area contributed by atoms with Crippen LogP contribution in [0.4, 0.5) is 0 Å². The van der Waals surface area contributed by atoms with Gasteiger partial charge < -0.3 is 4.57 Å². The van der Waals surface area contributed by atoms with Crippen molar-refractivity contribution in [1.29, 1.82) is 0 Å². The summed E-state index contributed by atoms with van der Waals surface area (Å²) in [7, 11) is -2.42. The van der Waals surface area contributed by atoms with Gasteiger partial charge in [-0.1, -0.05) is 182 Å². The lowest BCUT2D eigenvalue weighted by molar-refractivity contribution is 0.862. The number of nitrogens with zero attached hydrogens (tertiary/aromatic N) is 2. The molecule has 0 aliphatic heterocycles. The maximum Gasteiger partial charge on any atom is 0.206 e. The van der Waals surface area contributed by atoms with E-state index in [1.165, 1.54) is 37.6 Å². The van der Waals surface area contributed by atoms with Crippen LogP contribution in [0.2, 0.25) is 6.82 Å². The van der Waals surface area contributed by atoms with Crippen molar-refractivity contribution < 1.29 is 0 Å². The zero-order chi connectivity index (χ0) is 31.3. The van der Waals surface area contributed by atoms with E-state index in [2.05, 4.69) is 162 Å². The zero-order valence-corrected chi connectivity index (χ0v) is 28.2. The van der Waals surface area contributed by atoms with Gasteiger partial charge in [-0.3, -0.25) is 0 Å². The molecule has 45 heavy (non-hydrogen) atoms. The summed E-state index contributed by atoms with van der Waals surface area (Å²) in [4.78, 5) is 4.33. The Bertz CT molecular complexity index is 1690. The summed E-state index contributed by atoms with van der Waals surface area (Å²) in [5, 5.41) is 7.74. The molecule has 0 spiro atoms. The fourth-order valence-corrected chi connectivity index (χ4v) is 11.0. The van der Waals surface area contributed by atoms with Crippen LogP contribution in [0.15, 0.2) is 158 Å². The van der Waals surface area contributed by atoms with Crippen molar-refractivity contribution in [3.63, 3.8) is 0 Å². The van der Waals surface area contributed by atoms with Gasteiger partial charge in [-0.05, 0) is 37.4 Å². The molecule has 5 aromatic carbocycles. The molecular weight excluding hydrogens is 599 g/mol. The Morgan fingerprint density at radius 2 is 1.09 bits per heavy atom. The van der Waals surface area contributed by atoms with Crippen molar-refractivity contribution in [3.05, 3.63) is 169 Å². The highest BCUT2D eigenvalue weighted by Crippen LogP contribution is 2.14. The highest BCUT2D eigenvalue weighted by Gasteiger charge is 2.40. The van der Waals surface area contributed by atoms with E-state index < -0.39 is 8.07 Å². The highest BCUT2D eigenvalue weighted by molar-refractivity contribution is 7.79. The summed E-state index contributed by atoms with van der Waals surface area (Å²) in [5.41, 5.74) is 5.25. The van der Waals surface area contributed by atoms with Crippen molar-refractivity contribution in [2.24, 2.45) is 0 Å². The van der Waals surface area contributed by atoms with Crippen molar-refractivity contribution in [2.75, 3.05) is 0 Å². The number of hydrogen-bond donors (Lipinski definition) is 0. The van der Waals surface area contributed by atoms with Crippen LogP contribution in [-0.4, -0.2) is 35.1 Å². The second kappa shape index (κ2) is 16.2. The van der Waals surface area contributed by atoms with Crippen LogP contribution in [-0.2, 0) is 19.0 Å². The van der Waals surface area contributed by atoms with E-state index in [0.717, 1.165) is 19.0 Å². The maximum absolute atomic E-state index is 5.16. The Morgan fingerprint density at radius 1 is 0.622 bits per heavy atom. The molecule has 0 aliphatic rings. The molecule has 0 radical (unpaired) electrons. The molecule has 222 valence electrons. The Morgan fingerprint density at radius 3 is 1.53 bits per heavy atom. The van der Waals surface area contributed by atoms with Gasteiger partial charge in [-0.25, -0.2) is 4.98 Å². The number of imidazole rings is 1. The summed E-state index contributed by atoms with van der Waals surface area (Å²) in [6.45, 7) is 2.72. The normalized spacial score (nSPS) is 10.8. The monoisotopic (exact) mass is 636 g/mol. The lowest BCUT2D eigenvalue weighted by Gasteiger charge is -2.34. The van der Waals surface area contributed by atoms with Crippen molar-refractivity contribution in [2.45, 2.75) is 25.8 Å². The molecule has 0 amide bonds. The molecule has 0 unspecified atom stereocenters. The molecule has 0 fully saturated rings. The van der Waals surface area contributed by atoms with Gasteiger partial charge in [-0.15, -0.1) is 0 Å². The van der Waals surface area contributed by atoms with E-state index in [-0.39, 0.29) is 0 Å². The van der Waals surface area contributed by atoms with Crippen molar-refractivity contribution in [3.8, 4) is 0 Å². The van der Waals surface area contributed by atoms with Crippen LogP contribution in [0.5, 0.6) is 0 Å². The average molecular weight is 637 g/mol. The number of hydrogen-bond acceptors (Lipinski definition) is 3. The van der Waals surface area contributed by atoms with Gasteiger partial charge in [0.1, 0.15) is 0 Å². The third-order valence-corrected chi connectivity index (χ3v) is 13.4. The van der Waals surface area contributed by atoms with Gasteiger partial charge in [-0.2, -0.15) is 0 Å². The quantitative estimate of drug-likeness (QED) is 0.105. The minimum absolute atomic E-state index is 0.484. The molecule has 0 saturated heterocycles. The van der Waals surface area contributed by atoms with Gasteiger partial charge in [0.2, 0.25) is 6.71 Å². The molecule has 6 heteroatoms. The predicted molar refractivity (Wildman–Crippen MR) is 205 cm³/mol. The summed E-state index contributed by atoms with van der Waals surface area (Å²) in [5.74, 6) is 0. The van der Waals surface area contributed by atoms with Crippen LogP contribution in [0.3, 0.4) is 0 Å². The third-order valence-electron chi connectivity index (χ3n) is 8.32. The van der Waals surface area contributed by atoms with Gasteiger partial charge in [0.05, 0.1) is 6.33 Å². The summed E-state index contributed by atoms with van der Waals surface area (Å²) < 4.78 is 2.22. The standard InChI is InChI=1S/C26H24N2S2Si.C13H13B/c29-16-12-22-6-4-10-25(18-22)31(21-28-15-14-27-20-28,24-8-2-1-3-9-24)26-11-5-7-23(19-26)13-17-30;1-14(12-8-4-2-5-9-12)13-10-6-3-7-11-13/h1-11,14-20H,12-13,21H2;2-11H,1H3. The van der Waals surface area contributed by atoms with Crippen LogP contribution in [0.1, 0.15) is 11.1 Å². The fraction of sp³-hybridized carbons (Fsp3) is 0.103. The summed E-state index contributed by atoms with van der Waals surface area (Å²) in [6.07, 6.45) is 8.30. The van der Waals surface area contributed by atoms with E-state index in [1.807, 2.05) is 12.5 Å². The minimum Gasteiger partial charge on any atom is -0.339 e. The Labute approximate surface area is 279 Å². The summed E-state index contributed by atoms with van der Waals surface area (Å²) in [6, 6.07) is 50.1. The predicted octanol–water partition coefficient (Wildman–Crippen LogP) is 5.60. The van der Waals surface area contributed by atoms with Crippen molar-refractivity contribution in [1.82, 2.24) is 9.55 Å². The van der Waals surface area contributed by atoms with Gasteiger partial charge in [0.25, 0.3) is 0 Å². The molecule has 0 saturated carbocycles. The SMILES string of the molecule is CB(c1ccccc1)c1ccccc1.S=CCc1cccc([Si](Cn2ccnc2)(c2ccccc2)c2cccc(CC=S)c2)c1. The molecule has 0 aliphatic carbocycles. The zero-order valence-electron chi connectivity index (χ0n) is 25.6. The van der Waals surface area contributed by atoms with E-state index in [9.17, 15) is 0 Å². The molecule has 2 nitrogen and oxygen atoms in total. The van der Waals surface area contributed by atoms with Gasteiger partial charge in [0, 0.05) is 31.4 Å². The topological polar surface area (TPSA) is 17.8 Å². The van der Waals surface area contributed by atoms with Crippen LogP contribution in [0, 0.1) is 0 Å². The molecule has 1 aromatic heterocycles. The largest absolute Gasteiger partial charge is 0.339 e. The third kappa shape index (κ3) is 8.09. The number of aromatic nitrogens is 2. The molecule has 0 atom stereocenters. The molecule has 0 bridgehead atoms. The van der Waals surface area contributed by atoms with E-state index in [1.54, 1.807) is 10.7 Å². The number of rotatable bonds is 11. The van der Waals surface area contributed by atoms with Crippen LogP contribution < -0.4 is 26.5 Å². The van der Waals surface area contributed by atoms with E-state index >= 15 is 0 Å². The maximum atomic E-state index is 5.16. The van der Waals surface area contributed by atoms with E-state index in [4.69, 9.17) is 24.4 Å². The lowest BCUT2D eigenvalue weighted by Crippen LogP contribution is -2.69. The first kappa shape index (κ1) is 32.2. The Balaban J connectivity index is 0.000000238. The summed E-state index contributed by atoms with van der Waals surface area (Å²) >= 11 is 10.3. The average Bonchev–Trinajstić information content (AvgIpc) is 3.62. The first-order chi connectivity index (χ1) is 22.1. The number of thiocarbonyl (C=S) groups is 2. The van der Waals surface area contributed by atoms with Crippen molar-refractivity contribution >= 4 is 76.4 Å². The first-order valence-electron chi connectivity index (χ1n) is 15.3. The molecular formula is C39H37BN2S2Si. The van der Waals surface area contributed by atoms with Gasteiger partial charge in [0.15, 0.2) is 8.07 Å². The van der Waals surface area contributed by atoms with Crippen LogP contribution in [0.25, 0.3) is 0 Å². The smallest absolute Gasteiger partial charge is 0.206 e. The molecule has 6 aromatic rings. The minimum atomic E-state index is -2.42. The highest BCUT2D eigenvalue weighted by atomic mass is 32.1.